The summed E-state index contributed by atoms with van der Waals surface area (Å²) in [6.45, 7) is 3.74. The number of rotatable bonds is 5. The van der Waals surface area contributed by atoms with E-state index in [0.29, 0.717) is 5.69 Å². The second-order valence-electron chi connectivity index (χ2n) is 7.67. The topological polar surface area (TPSA) is 84.3 Å². The third-order valence-electron chi connectivity index (χ3n) is 5.42. The van der Waals surface area contributed by atoms with Crippen LogP contribution in [0.3, 0.4) is 0 Å². The molecule has 4 rings (SSSR count). The monoisotopic (exact) mass is 416 g/mol. The first-order chi connectivity index (χ1) is 15.0. The number of carbonyl (C=O) groups excluding carboxylic acids is 2. The predicted molar refractivity (Wildman–Crippen MR) is 119 cm³/mol. The minimum Gasteiger partial charge on any atom is -0.324 e. The lowest BCUT2D eigenvalue weighted by atomic mass is 10.1. The fourth-order valence-electron chi connectivity index (χ4n) is 3.88. The van der Waals surface area contributed by atoms with Gasteiger partial charge in [0.1, 0.15) is 12.2 Å². The van der Waals surface area contributed by atoms with Crippen LogP contribution in [0.1, 0.15) is 35.5 Å². The van der Waals surface area contributed by atoms with E-state index in [4.69, 9.17) is 0 Å². The van der Waals surface area contributed by atoms with Gasteiger partial charge in [0.15, 0.2) is 0 Å². The Labute approximate surface area is 180 Å². The van der Waals surface area contributed by atoms with Crippen LogP contribution in [0.15, 0.2) is 65.5 Å². The summed E-state index contributed by atoms with van der Waals surface area (Å²) in [5, 5.41) is 6.97. The molecule has 2 aromatic carbocycles. The normalized spacial score (nSPS) is 14.9. The van der Waals surface area contributed by atoms with E-state index in [1.54, 1.807) is 11.0 Å². The molecule has 0 radical (unpaired) electrons. The number of aryl methyl sites for hydroxylation is 1. The highest BCUT2D eigenvalue weighted by atomic mass is 16.2. The zero-order valence-electron chi connectivity index (χ0n) is 17.5. The van der Waals surface area contributed by atoms with Gasteiger partial charge in [-0.05, 0) is 55.2 Å². The third-order valence-corrected chi connectivity index (χ3v) is 5.42. The molecule has 0 bridgehead atoms. The molecule has 7 heteroatoms. The Morgan fingerprint density at radius 1 is 1.10 bits per heavy atom. The first-order valence-electron chi connectivity index (χ1n) is 10.3. The Morgan fingerprint density at radius 2 is 1.90 bits per heavy atom. The lowest BCUT2D eigenvalue weighted by Crippen LogP contribution is -2.38. The smallest absolute Gasteiger partial charge is 0.278 e. The van der Waals surface area contributed by atoms with E-state index in [1.807, 2.05) is 56.3 Å². The van der Waals surface area contributed by atoms with Gasteiger partial charge in [-0.1, -0.05) is 37.3 Å². The number of nitrogens with one attached hydrogen (secondary N) is 1. The number of hydrogen-bond donors (Lipinski definition) is 1. The standard InChI is InChI=1S/C24H24N4O3/c1-3-17-7-6-9-19(14-17)25-22(29)15-27-23(30)12-11-20(26-27)24(31)28-16(2)13-18-8-4-5-10-21(18)28/h4-12,14,16H,3,13,15H2,1-2H3,(H,25,29)/t16-/m0/s1. The summed E-state index contributed by atoms with van der Waals surface area (Å²) in [4.78, 5) is 39.6. The lowest BCUT2D eigenvalue weighted by Gasteiger charge is -2.22. The number of nitrogens with zero attached hydrogens (tertiary/aromatic N) is 3. The summed E-state index contributed by atoms with van der Waals surface area (Å²) in [7, 11) is 0. The summed E-state index contributed by atoms with van der Waals surface area (Å²) < 4.78 is 1.03. The van der Waals surface area contributed by atoms with Crippen LogP contribution >= 0.6 is 0 Å². The average Bonchev–Trinajstić information content (AvgIpc) is 3.10. The van der Waals surface area contributed by atoms with Gasteiger partial charge in [0, 0.05) is 23.5 Å². The third kappa shape index (κ3) is 4.26. The maximum Gasteiger partial charge on any atom is 0.278 e. The van der Waals surface area contributed by atoms with Gasteiger partial charge in [-0.15, -0.1) is 0 Å². The molecule has 0 spiro atoms. The van der Waals surface area contributed by atoms with Gasteiger partial charge in [-0.25, -0.2) is 4.68 Å². The van der Waals surface area contributed by atoms with E-state index >= 15 is 0 Å². The molecular formula is C24H24N4O3. The van der Waals surface area contributed by atoms with E-state index in [0.717, 1.165) is 34.3 Å². The molecule has 0 fully saturated rings. The van der Waals surface area contributed by atoms with E-state index in [2.05, 4.69) is 10.4 Å². The van der Waals surface area contributed by atoms with Crippen molar-refractivity contribution in [3.63, 3.8) is 0 Å². The van der Waals surface area contributed by atoms with Crippen LogP contribution in [-0.2, 0) is 24.2 Å². The maximum atomic E-state index is 13.2. The Morgan fingerprint density at radius 3 is 2.71 bits per heavy atom. The van der Waals surface area contributed by atoms with Crippen molar-refractivity contribution < 1.29 is 9.59 Å². The summed E-state index contributed by atoms with van der Waals surface area (Å²) in [5.41, 5.74) is 3.40. The highest BCUT2D eigenvalue weighted by Crippen LogP contribution is 2.32. The number of amides is 2. The molecule has 3 aromatic rings. The second-order valence-corrected chi connectivity index (χ2v) is 7.67. The predicted octanol–water partition coefficient (Wildman–Crippen LogP) is 3.04. The summed E-state index contributed by atoms with van der Waals surface area (Å²) in [6, 6.07) is 18.0. The zero-order valence-corrected chi connectivity index (χ0v) is 17.5. The van der Waals surface area contributed by atoms with Gasteiger partial charge in [-0.3, -0.25) is 14.4 Å². The van der Waals surface area contributed by atoms with Crippen molar-refractivity contribution in [1.82, 2.24) is 9.78 Å². The molecule has 0 aliphatic carbocycles. The van der Waals surface area contributed by atoms with Crippen LogP contribution in [0.25, 0.3) is 0 Å². The molecule has 31 heavy (non-hydrogen) atoms. The molecule has 7 nitrogen and oxygen atoms in total. The van der Waals surface area contributed by atoms with E-state index in [-0.39, 0.29) is 30.1 Å². The largest absolute Gasteiger partial charge is 0.324 e. The molecule has 158 valence electrons. The average molecular weight is 416 g/mol. The molecule has 1 aliphatic heterocycles. The molecule has 0 saturated heterocycles. The van der Waals surface area contributed by atoms with Gasteiger partial charge >= 0.3 is 0 Å². The number of anilines is 2. The molecule has 1 aliphatic rings. The summed E-state index contributed by atoms with van der Waals surface area (Å²) >= 11 is 0. The van der Waals surface area contributed by atoms with Crippen LogP contribution in [0, 0.1) is 0 Å². The highest BCUT2D eigenvalue weighted by Gasteiger charge is 2.32. The number of hydrogen-bond acceptors (Lipinski definition) is 4. The molecule has 2 heterocycles. The Kier molecular flexibility index (Phi) is 5.66. The molecule has 1 atom stereocenters. The number of benzene rings is 2. The molecule has 1 aromatic heterocycles. The van der Waals surface area contributed by atoms with Crippen molar-refractivity contribution in [2.45, 2.75) is 39.3 Å². The molecular weight excluding hydrogens is 392 g/mol. The van der Waals surface area contributed by atoms with Crippen LogP contribution in [-0.4, -0.2) is 27.6 Å². The number of para-hydroxylation sites is 1. The summed E-state index contributed by atoms with van der Waals surface area (Å²) in [5.74, 6) is -0.672. The van der Waals surface area contributed by atoms with Crippen LogP contribution in [0.5, 0.6) is 0 Å². The quantitative estimate of drug-likeness (QED) is 0.693. The SMILES string of the molecule is CCc1cccc(NC(=O)Cn2nc(C(=O)N3c4ccccc4C[C@@H]3C)ccc2=O)c1. The van der Waals surface area contributed by atoms with Crippen molar-refractivity contribution in [2.75, 3.05) is 10.2 Å². The highest BCUT2D eigenvalue weighted by molar-refractivity contribution is 6.06. The fraction of sp³-hybridized carbons (Fsp3) is 0.250. The maximum absolute atomic E-state index is 13.2. The first kappa shape index (κ1) is 20.5. The number of fused-ring (bicyclic) bond motifs is 1. The Balaban J connectivity index is 1.54. The van der Waals surface area contributed by atoms with Crippen molar-refractivity contribution in [2.24, 2.45) is 0 Å². The van der Waals surface area contributed by atoms with Crippen molar-refractivity contribution in [1.29, 1.82) is 0 Å². The lowest BCUT2D eigenvalue weighted by molar-refractivity contribution is -0.117. The number of carbonyl (C=O) groups is 2. The van der Waals surface area contributed by atoms with Gasteiger partial charge in [0.05, 0.1) is 0 Å². The van der Waals surface area contributed by atoms with Gasteiger partial charge in [-0.2, -0.15) is 5.10 Å². The fourth-order valence-corrected chi connectivity index (χ4v) is 3.88. The minimum absolute atomic E-state index is 0.0128. The van der Waals surface area contributed by atoms with Crippen LogP contribution in [0.2, 0.25) is 0 Å². The summed E-state index contributed by atoms with van der Waals surface area (Å²) in [6.07, 6.45) is 1.62. The zero-order chi connectivity index (χ0) is 22.0. The molecule has 0 saturated carbocycles. The Bertz CT molecular complexity index is 1200. The van der Waals surface area contributed by atoms with Gasteiger partial charge in [0.25, 0.3) is 11.5 Å². The van der Waals surface area contributed by atoms with Crippen LogP contribution in [0.4, 0.5) is 11.4 Å². The van der Waals surface area contributed by atoms with Gasteiger partial charge in [0.2, 0.25) is 5.91 Å². The first-order valence-corrected chi connectivity index (χ1v) is 10.3. The minimum atomic E-state index is -0.441. The van der Waals surface area contributed by atoms with E-state index < -0.39 is 5.56 Å². The van der Waals surface area contributed by atoms with Crippen molar-refractivity contribution in [3.8, 4) is 0 Å². The van der Waals surface area contributed by atoms with Crippen molar-refractivity contribution >= 4 is 23.2 Å². The van der Waals surface area contributed by atoms with Crippen molar-refractivity contribution in [3.05, 3.63) is 87.8 Å². The van der Waals surface area contributed by atoms with Gasteiger partial charge < -0.3 is 10.2 Å². The number of aromatic nitrogens is 2. The Hall–Kier alpha value is -3.74. The molecule has 1 N–H and O–H groups in total. The second kappa shape index (κ2) is 8.55. The van der Waals surface area contributed by atoms with E-state index in [1.165, 1.54) is 12.1 Å². The van der Waals surface area contributed by atoms with E-state index in [9.17, 15) is 14.4 Å². The molecule has 0 unspecified atom stereocenters. The molecule has 2 amide bonds. The van der Waals surface area contributed by atoms with Crippen LogP contribution < -0.4 is 15.8 Å².